The van der Waals surface area contributed by atoms with Gasteiger partial charge < -0.3 is 9.80 Å². The zero-order valence-corrected chi connectivity index (χ0v) is 14.9. The Morgan fingerprint density at radius 1 is 1.12 bits per heavy atom. The second-order valence-corrected chi connectivity index (χ2v) is 5.66. The quantitative estimate of drug-likeness (QED) is 0.781. The van der Waals surface area contributed by atoms with Crippen LogP contribution in [0.25, 0.3) is 0 Å². The van der Waals surface area contributed by atoms with Gasteiger partial charge in [-0.1, -0.05) is 0 Å². The highest BCUT2D eigenvalue weighted by Gasteiger charge is 2.16. The van der Waals surface area contributed by atoms with Gasteiger partial charge in [0.2, 0.25) is 0 Å². The first-order valence-corrected chi connectivity index (χ1v) is 8.30. The Balaban J connectivity index is 2.10. The van der Waals surface area contributed by atoms with Gasteiger partial charge in [0.1, 0.15) is 17.3 Å². The molecule has 0 bridgehead atoms. The maximum Gasteiger partial charge on any atom is 0.272 e. The SMILES string of the molecule is CCN(CC)c1cc(C(=O)N(C)CCc2ccncc2)nc(C)n1. The largest absolute Gasteiger partial charge is 0.357 e. The summed E-state index contributed by atoms with van der Waals surface area (Å²) in [5, 5.41) is 0. The van der Waals surface area contributed by atoms with Crippen LogP contribution in [0.4, 0.5) is 5.82 Å². The van der Waals surface area contributed by atoms with Crippen molar-refractivity contribution in [1.29, 1.82) is 0 Å². The summed E-state index contributed by atoms with van der Waals surface area (Å²) < 4.78 is 0. The van der Waals surface area contributed by atoms with Crippen LogP contribution >= 0.6 is 0 Å². The Kier molecular flexibility index (Phi) is 6.23. The average molecular weight is 327 g/mol. The topological polar surface area (TPSA) is 62.2 Å². The molecule has 0 spiro atoms. The maximum atomic E-state index is 12.7. The summed E-state index contributed by atoms with van der Waals surface area (Å²) in [6.45, 7) is 8.29. The summed E-state index contributed by atoms with van der Waals surface area (Å²) >= 11 is 0. The molecule has 6 heteroatoms. The summed E-state index contributed by atoms with van der Waals surface area (Å²) in [4.78, 5) is 29.3. The van der Waals surface area contributed by atoms with Crippen LogP contribution in [0, 0.1) is 6.92 Å². The van der Waals surface area contributed by atoms with Crippen molar-refractivity contribution in [3.8, 4) is 0 Å². The van der Waals surface area contributed by atoms with Gasteiger partial charge in [-0.05, 0) is 44.9 Å². The molecule has 0 N–H and O–H groups in total. The van der Waals surface area contributed by atoms with Crippen molar-refractivity contribution in [3.63, 3.8) is 0 Å². The molecular formula is C18H25N5O. The lowest BCUT2D eigenvalue weighted by Crippen LogP contribution is -2.30. The molecule has 0 aliphatic carbocycles. The van der Waals surface area contributed by atoms with E-state index in [0.717, 1.165) is 30.9 Å². The third-order valence-corrected chi connectivity index (χ3v) is 3.96. The van der Waals surface area contributed by atoms with E-state index in [1.165, 1.54) is 0 Å². The number of hydrogen-bond acceptors (Lipinski definition) is 5. The molecule has 0 fully saturated rings. The summed E-state index contributed by atoms with van der Waals surface area (Å²) in [6, 6.07) is 5.71. The van der Waals surface area contributed by atoms with Crippen LogP contribution in [-0.2, 0) is 6.42 Å². The number of amides is 1. The van der Waals surface area contributed by atoms with Crippen LogP contribution in [0.5, 0.6) is 0 Å². The Labute approximate surface area is 143 Å². The Morgan fingerprint density at radius 3 is 2.42 bits per heavy atom. The molecule has 0 saturated heterocycles. The van der Waals surface area contributed by atoms with Crippen molar-refractivity contribution in [1.82, 2.24) is 19.9 Å². The van der Waals surface area contributed by atoms with Gasteiger partial charge >= 0.3 is 0 Å². The van der Waals surface area contributed by atoms with E-state index < -0.39 is 0 Å². The molecule has 0 aliphatic rings. The van der Waals surface area contributed by atoms with E-state index in [0.29, 0.717) is 18.1 Å². The lowest BCUT2D eigenvalue weighted by Gasteiger charge is -2.22. The number of hydrogen-bond donors (Lipinski definition) is 0. The van der Waals surface area contributed by atoms with E-state index in [4.69, 9.17) is 0 Å². The minimum atomic E-state index is -0.0806. The number of rotatable bonds is 7. The smallest absolute Gasteiger partial charge is 0.272 e. The van der Waals surface area contributed by atoms with Crippen molar-refractivity contribution in [2.24, 2.45) is 0 Å². The molecule has 128 valence electrons. The first-order valence-electron chi connectivity index (χ1n) is 8.30. The van der Waals surface area contributed by atoms with E-state index in [1.807, 2.05) is 19.1 Å². The number of aryl methyl sites for hydroxylation is 1. The fourth-order valence-corrected chi connectivity index (χ4v) is 2.51. The number of carbonyl (C=O) groups excluding carboxylic acids is 1. The number of likely N-dealkylation sites (N-methyl/N-ethyl adjacent to an activating group) is 1. The van der Waals surface area contributed by atoms with E-state index in [1.54, 1.807) is 30.4 Å². The monoisotopic (exact) mass is 327 g/mol. The predicted molar refractivity (Wildman–Crippen MR) is 95.2 cm³/mol. The van der Waals surface area contributed by atoms with Gasteiger partial charge in [0, 0.05) is 45.1 Å². The lowest BCUT2D eigenvalue weighted by molar-refractivity contribution is 0.0790. The van der Waals surface area contributed by atoms with E-state index in [-0.39, 0.29) is 5.91 Å². The van der Waals surface area contributed by atoms with Crippen LogP contribution in [0.1, 0.15) is 35.7 Å². The van der Waals surface area contributed by atoms with Crippen molar-refractivity contribution in [3.05, 3.63) is 47.7 Å². The third kappa shape index (κ3) is 4.50. The second-order valence-electron chi connectivity index (χ2n) is 5.66. The number of anilines is 1. The van der Waals surface area contributed by atoms with Gasteiger partial charge in [-0.2, -0.15) is 0 Å². The molecule has 0 unspecified atom stereocenters. The van der Waals surface area contributed by atoms with Gasteiger partial charge in [-0.15, -0.1) is 0 Å². The molecule has 0 aromatic carbocycles. The van der Waals surface area contributed by atoms with Crippen LogP contribution in [0.3, 0.4) is 0 Å². The summed E-state index contributed by atoms with van der Waals surface area (Å²) in [6.07, 6.45) is 4.32. The number of nitrogens with zero attached hydrogens (tertiary/aromatic N) is 5. The van der Waals surface area contributed by atoms with Crippen LogP contribution in [0.15, 0.2) is 30.6 Å². The molecule has 2 heterocycles. The minimum Gasteiger partial charge on any atom is -0.357 e. The van der Waals surface area contributed by atoms with E-state index in [9.17, 15) is 4.79 Å². The average Bonchev–Trinajstić information content (AvgIpc) is 2.60. The second kappa shape index (κ2) is 8.38. The van der Waals surface area contributed by atoms with E-state index >= 15 is 0 Å². The summed E-state index contributed by atoms with van der Waals surface area (Å²) in [7, 11) is 1.80. The Morgan fingerprint density at radius 2 is 1.79 bits per heavy atom. The Bertz CT molecular complexity index is 670. The lowest BCUT2D eigenvalue weighted by atomic mass is 10.2. The van der Waals surface area contributed by atoms with Crippen molar-refractivity contribution >= 4 is 11.7 Å². The van der Waals surface area contributed by atoms with Crippen LogP contribution < -0.4 is 4.90 Å². The van der Waals surface area contributed by atoms with Crippen molar-refractivity contribution in [2.75, 3.05) is 31.6 Å². The normalized spacial score (nSPS) is 10.5. The van der Waals surface area contributed by atoms with Crippen molar-refractivity contribution < 1.29 is 4.79 Å². The van der Waals surface area contributed by atoms with Crippen LogP contribution in [-0.4, -0.2) is 52.4 Å². The molecule has 0 radical (unpaired) electrons. The maximum absolute atomic E-state index is 12.7. The molecule has 2 aromatic rings. The van der Waals surface area contributed by atoms with Crippen LogP contribution in [0.2, 0.25) is 0 Å². The number of pyridine rings is 1. The first-order chi connectivity index (χ1) is 11.5. The molecule has 24 heavy (non-hydrogen) atoms. The molecule has 0 aliphatic heterocycles. The fraction of sp³-hybridized carbons (Fsp3) is 0.444. The molecule has 1 amide bonds. The number of aromatic nitrogens is 3. The van der Waals surface area contributed by atoms with Gasteiger partial charge in [0.15, 0.2) is 0 Å². The van der Waals surface area contributed by atoms with Gasteiger partial charge in [-0.25, -0.2) is 9.97 Å². The van der Waals surface area contributed by atoms with E-state index in [2.05, 4.69) is 33.7 Å². The minimum absolute atomic E-state index is 0.0806. The highest BCUT2D eigenvalue weighted by atomic mass is 16.2. The highest BCUT2D eigenvalue weighted by molar-refractivity contribution is 5.92. The molecular weight excluding hydrogens is 302 g/mol. The predicted octanol–water partition coefficient (Wildman–Crippen LogP) is 2.34. The fourth-order valence-electron chi connectivity index (χ4n) is 2.51. The molecule has 6 nitrogen and oxygen atoms in total. The van der Waals surface area contributed by atoms with Crippen molar-refractivity contribution in [2.45, 2.75) is 27.2 Å². The summed E-state index contributed by atoms with van der Waals surface area (Å²) in [5.74, 6) is 1.34. The Hall–Kier alpha value is -2.50. The third-order valence-electron chi connectivity index (χ3n) is 3.96. The van der Waals surface area contributed by atoms with Gasteiger partial charge in [0.25, 0.3) is 5.91 Å². The molecule has 0 atom stereocenters. The molecule has 0 saturated carbocycles. The summed E-state index contributed by atoms with van der Waals surface area (Å²) in [5.41, 5.74) is 1.61. The zero-order chi connectivity index (χ0) is 17.5. The highest BCUT2D eigenvalue weighted by Crippen LogP contribution is 2.14. The molecule has 2 aromatic heterocycles. The number of carbonyl (C=O) groups is 1. The zero-order valence-electron chi connectivity index (χ0n) is 14.9. The van der Waals surface area contributed by atoms with Gasteiger partial charge in [0.05, 0.1) is 0 Å². The van der Waals surface area contributed by atoms with Gasteiger partial charge in [-0.3, -0.25) is 9.78 Å². The first kappa shape index (κ1) is 17.8. The standard InChI is InChI=1S/C18H25N5O/c1-5-23(6-2)17-13-16(20-14(3)21-17)18(24)22(4)12-9-15-7-10-19-11-8-15/h7-8,10-11,13H,5-6,9,12H2,1-4H3. The molecule has 2 rings (SSSR count).